The van der Waals surface area contributed by atoms with Gasteiger partial charge in [-0.1, -0.05) is 11.6 Å². The van der Waals surface area contributed by atoms with Gasteiger partial charge < -0.3 is 19.2 Å². The molecule has 1 atom stereocenters. The van der Waals surface area contributed by atoms with E-state index in [0.29, 0.717) is 13.2 Å². The number of aryl methyl sites for hydroxylation is 1. The minimum atomic E-state index is -0.350. The molecule has 0 radical (unpaired) electrons. The summed E-state index contributed by atoms with van der Waals surface area (Å²) < 4.78 is 17.3. The monoisotopic (exact) mass is 277 g/mol. The van der Waals surface area contributed by atoms with Crippen LogP contribution in [0.1, 0.15) is 31.2 Å². The molecule has 4 nitrogen and oxygen atoms in total. The lowest BCUT2D eigenvalue weighted by Gasteiger charge is -2.24. The summed E-state index contributed by atoms with van der Waals surface area (Å²) in [5, 5.41) is 4.32. The first-order valence-corrected chi connectivity index (χ1v) is 7.10. The molecule has 4 heteroatoms. The molecule has 1 aromatic carbocycles. The Morgan fingerprint density at radius 3 is 2.45 bits per heavy atom. The molecule has 1 heterocycles. The average molecular weight is 277 g/mol. The van der Waals surface area contributed by atoms with E-state index in [9.17, 15) is 0 Å². The number of likely N-dealkylation sites (N-methyl/N-ethyl adjacent to an activating group) is 1. The third kappa shape index (κ3) is 3.20. The van der Waals surface area contributed by atoms with E-state index in [1.807, 2.05) is 33.0 Å². The maximum atomic E-state index is 5.93. The molecule has 0 saturated heterocycles. The van der Waals surface area contributed by atoms with Gasteiger partial charge in [0.2, 0.25) is 0 Å². The SMILES string of the molecule is CCOC(OCC)C(NC)c1cc2cc(C)ccc2o1. The predicted molar refractivity (Wildman–Crippen MR) is 79.8 cm³/mol. The standard InChI is InChI=1S/C16H23NO3/c1-5-18-16(19-6-2)15(17-4)14-10-12-9-11(3)7-8-13(12)20-14/h7-10,15-17H,5-6H2,1-4H3. The number of furan rings is 1. The highest BCUT2D eigenvalue weighted by Gasteiger charge is 2.26. The highest BCUT2D eigenvalue weighted by molar-refractivity contribution is 5.78. The maximum Gasteiger partial charge on any atom is 0.179 e. The van der Waals surface area contributed by atoms with Gasteiger partial charge in [-0.25, -0.2) is 0 Å². The molecule has 1 aromatic heterocycles. The molecule has 20 heavy (non-hydrogen) atoms. The highest BCUT2D eigenvalue weighted by Crippen LogP contribution is 2.28. The van der Waals surface area contributed by atoms with Crippen molar-refractivity contribution in [3.8, 4) is 0 Å². The van der Waals surface area contributed by atoms with Crippen LogP contribution in [0, 0.1) is 6.92 Å². The first kappa shape index (κ1) is 15.0. The van der Waals surface area contributed by atoms with Crippen molar-refractivity contribution in [3.63, 3.8) is 0 Å². The maximum absolute atomic E-state index is 5.93. The molecular formula is C16H23NO3. The lowest BCUT2D eigenvalue weighted by molar-refractivity contribution is -0.156. The topological polar surface area (TPSA) is 43.6 Å². The first-order valence-electron chi connectivity index (χ1n) is 7.10. The second kappa shape index (κ2) is 6.88. The van der Waals surface area contributed by atoms with E-state index < -0.39 is 0 Å². The van der Waals surface area contributed by atoms with Crippen LogP contribution in [0.4, 0.5) is 0 Å². The fourth-order valence-corrected chi connectivity index (χ4v) is 2.32. The van der Waals surface area contributed by atoms with Crippen molar-refractivity contribution in [2.45, 2.75) is 33.1 Å². The van der Waals surface area contributed by atoms with Gasteiger partial charge in [-0.2, -0.15) is 0 Å². The Kier molecular flexibility index (Phi) is 5.17. The fourth-order valence-electron chi connectivity index (χ4n) is 2.32. The van der Waals surface area contributed by atoms with E-state index in [4.69, 9.17) is 13.9 Å². The van der Waals surface area contributed by atoms with Crippen LogP contribution in [0.25, 0.3) is 11.0 Å². The van der Waals surface area contributed by atoms with E-state index in [0.717, 1.165) is 16.7 Å². The second-order valence-corrected chi connectivity index (χ2v) is 4.74. The summed E-state index contributed by atoms with van der Waals surface area (Å²) in [7, 11) is 1.88. The van der Waals surface area contributed by atoms with Gasteiger partial charge in [-0.05, 0) is 46.0 Å². The Morgan fingerprint density at radius 2 is 1.85 bits per heavy atom. The van der Waals surface area contributed by atoms with Gasteiger partial charge in [0.25, 0.3) is 0 Å². The van der Waals surface area contributed by atoms with Crippen LogP contribution < -0.4 is 5.32 Å². The summed E-state index contributed by atoms with van der Waals surface area (Å²) in [5.74, 6) is 0.833. The molecular weight excluding hydrogens is 254 g/mol. The van der Waals surface area contributed by atoms with Gasteiger partial charge in [0.05, 0.1) is 0 Å². The van der Waals surface area contributed by atoms with Crippen LogP contribution in [0.2, 0.25) is 0 Å². The summed E-state index contributed by atoms with van der Waals surface area (Å²) in [4.78, 5) is 0. The van der Waals surface area contributed by atoms with Crippen molar-refractivity contribution in [3.05, 3.63) is 35.6 Å². The molecule has 0 fully saturated rings. The van der Waals surface area contributed by atoms with Gasteiger partial charge in [0.15, 0.2) is 6.29 Å². The number of benzene rings is 1. The molecule has 1 unspecified atom stereocenters. The molecule has 0 aliphatic heterocycles. The van der Waals surface area contributed by atoms with Gasteiger partial charge in [-0.15, -0.1) is 0 Å². The van der Waals surface area contributed by atoms with E-state index in [-0.39, 0.29) is 12.3 Å². The van der Waals surface area contributed by atoms with E-state index in [2.05, 4.69) is 24.4 Å². The molecule has 0 saturated carbocycles. The zero-order valence-corrected chi connectivity index (χ0v) is 12.6. The van der Waals surface area contributed by atoms with E-state index in [1.165, 1.54) is 5.56 Å². The smallest absolute Gasteiger partial charge is 0.179 e. The molecule has 0 spiro atoms. The first-order chi connectivity index (χ1) is 9.69. The summed E-state index contributed by atoms with van der Waals surface area (Å²) in [6.45, 7) is 7.19. The van der Waals surface area contributed by atoms with Crippen LogP contribution >= 0.6 is 0 Å². The van der Waals surface area contributed by atoms with Crippen molar-refractivity contribution < 1.29 is 13.9 Å². The quantitative estimate of drug-likeness (QED) is 0.788. The molecule has 0 aliphatic carbocycles. The minimum absolute atomic E-state index is 0.123. The van der Waals surface area contributed by atoms with Gasteiger partial charge in [-0.3, -0.25) is 0 Å². The highest BCUT2D eigenvalue weighted by atomic mass is 16.7. The van der Waals surface area contributed by atoms with Crippen LogP contribution in [-0.4, -0.2) is 26.6 Å². The van der Waals surface area contributed by atoms with E-state index in [1.54, 1.807) is 0 Å². The zero-order chi connectivity index (χ0) is 14.5. The number of rotatable bonds is 7. The largest absolute Gasteiger partial charge is 0.459 e. The molecule has 0 amide bonds. The Labute approximate surface area is 120 Å². The third-order valence-electron chi connectivity index (χ3n) is 3.24. The third-order valence-corrected chi connectivity index (χ3v) is 3.24. The average Bonchev–Trinajstić information content (AvgIpc) is 2.82. The molecule has 0 bridgehead atoms. The number of nitrogens with one attached hydrogen (secondary N) is 1. The van der Waals surface area contributed by atoms with Crippen molar-refractivity contribution in [2.75, 3.05) is 20.3 Å². The number of ether oxygens (including phenoxy) is 2. The lowest BCUT2D eigenvalue weighted by Crippen LogP contribution is -2.33. The van der Waals surface area contributed by atoms with Crippen LogP contribution in [0.3, 0.4) is 0 Å². The van der Waals surface area contributed by atoms with E-state index >= 15 is 0 Å². The zero-order valence-electron chi connectivity index (χ0n) is 12.6. The summed E-state index contributed by atoms with van der Waals surface area (Å²) >= 11 is 0. The minimum Gasteiger partial charge on any atom is -0.459 e. The predicted octanol–water partition coefficient (Wildman–Crippen LogP) is 3.40. The lowest BCUT2D eigenvalue weighted by atomic mass is 10.1. The molecule has 2 aromatic rings. The van der Waals surface area contributed by atoms with Crippen molar-refractivity contribution in [1.29, 1.82) is 0 Å². The summed E-state index contributed by atoms with van der Waals surface area (Å²) in [6.07, 6.45) is -0.350. The molecule has 2 rings (SSSR count). The summed E-state index contributed by atoms with van der Waals surface area (Å²) in [6, 6.07) is 8.09. The molecule has 0 aliphatic rings. The number of hydrogen-bond donors (Lipinski definition) is 1. The normalized spacial score (nSPS) is 13.2. The van der Waals surface area contributed by atoms with Crippen molar-refractivity contribution in [1.82, 2.24) is 5.32 Å². The number of fused-ring (bicyclic) bond motifs is 1. The van der Waals surface area contributed by atoms with Crippen LogP contribution in [0.15, 0.2) is 28.7 Å². The van der Waals surface area contributed by atoms with Crippen molar-refractivity contribution >= 4 is 11.0 Å². The Balaban J connectivity index is 2.31. The van der Waals surface area contributed by atoms with Gasteiger partial charge >= 0.3 is 0 Å². The fraction of sp³-hybridized carbons (Fsp3) is 0.500. The summed E-state index contributed by atoms with van der Waals surface area (Å²) in [5.41, 5.74) is 2.11. The number of hydrogen-bond acceptors (Lipinski definition) is 4. The Bertz CT molecular complexity index is 544. The molecule has 1 N–H and O–H groups in total. The Hall–Kier alpha value is -1.36. The van der Waals surface area contributed by atoms with Gasteiger partial charge in [0.1, 0.15) is 17.4 Å². The van der Waals surface area contributed by atoms with Gasteiger partial charge in [0, 0.05) is 18.6 Å². The Morgan fingerprint density at radius 1 is 1.15 bits per heavy atom. The van der Waals surface area contributed by atoms with Crippen LogP contribution in [-0.2, 0) is 9.47 Å². The van der Waals surface area contributed by atoms with Crippen LogP contribution in [0.5, 0.6) is 0 Å². The second-order valence-electron chi connectivity index (χ2n) is 4.74. The molecule has 110 valence electrons. The van der Waals surface area contributed by atoms with Crippen molar-refractivity contribution in [2.24, 2.45) is 0 Å².